The maximum atomic E-state index is 10.2. The average molecular weight is 284 g/mol. The first kappa shape index (κ1) is 16.2. The van der Waals surface area contributed by atoms with Crippen molar-refractivity contribution in [2.75, 3.05) is 0 Å². The van der Waals surface area contributed by atoms with Crippen molar-refractivity contribution in [3.63, 3.8) is 0 Å². The number of rotatable bonds is 3. The van der Waals surface area contributed by atoms with Crippen molar-refractivity contribution < 1.29 is 14.7 Å². The third-order valence-corrected chi connectivity index (χ3v) is 2.63. The van der Waals surface area contributed by atoms with E-state index in [9.17, 15) is 9.59 Å². The summed E-state index contributed by atoms with van der Waals surface area (Å²) in [5, 5.41) is 8.36. The van der Waals surface area contributed by atoms with Crippen LogP contribution in [0.2, 0.25) is 0 Å². The van der Waals surface area contributed by atoms with Gasteiger partial charge < -0.3 is 5.11 Å². The molecule has 2 rings (SSSR count). The molecule has 0 aliphatic heterocycles. The van der Waals surface area contributed by atoms with Crippen molar-refractivity contribution in [2.24, 2.45) is 0 Å². The van der Waals surface area contributed by atoms with Gasteiger partial charge in [-0.25, -0.2) is 4.79 Å². The van der Waals surface area contributed by atoms with Crippen molar-refractivity contribution in [3.05, 3.63) is 65.2 Å². The Bertz CT molecular complexity index is 651. The Hall–Kier alpha value is -2.82. The minimum Gasteiger partial charge on any atom is -0.478 e. The van der Waals surface area contributed by atoms with E-state index in [2.05, 4.69) is 9.97 Å². The van der Waals surface area contributed by atoms with E-state index in [1.807, 2.05) is 19.9 Å². The molecule has 2 aromatic rings. The summed E-state index contributed by atoms with van der Waals surface area (Å²) in [6.45, 7) is 3.64. The van der Waals surface area contributed by atoms with E-state index in [0.29, 0.717) is 5.56 Å². The van der Waals surface area contributed by atoms with E-state index in [-0.39, 0.29) is 0 Å². The number of carbonyl (C=O) groups is 2. The molecule has 0 radical (unpaired) electrons. The lowest BCUT2D eigenvalue weighted by atomic mass is 10.2. The molecule has 0 amide bonds. The van der Waals surface area contributed by atoms with E-state index in [1.165, 1.54) is 6.08 Å². The minimum absolute atomic E-state index is 0.664. The summed E-state index contributed by atoms with van der Waals surface area (Å²) in [6.07, 6.45) is 6.78. The first-order chi connectivity index (χ1) is 10.0. The zero-order valence-corrected chi connectivity index (χ0v) is 11.9. The van der Waals surface area contributed by atoms with Crippen LogP contribution in [0.25, 0.3) is 6.08 Å². The number of pyridine rings is 2. The third-order valence-electron chi connectivity index (χ3n) is 2.63. The molecule has 5 heteroatoms. The molecule has 0 aromatic carbocycles. The van der Waals surface area contributed by atoms with Crippen LogP contribution in [0.3, 0.4) is 0 Å². The third kappa shape index (κ3) is 5.78. The van der Waals surface area contributed by atoms with Crippen LogP contribution in [0.15, 0.2) is 42.7 Å². The van der Waals surface area contributed by atoms with E-state index < -0.39 is 5.97 Å². The lowest BCUT2D eigenvalue weighted by molar-refractivity contribution is -0.131. The van der Waals surface area contributed by atoms with Gasteiger partial charge >= 0.3 is 5.97 Å². The summed E-state index contributed by atoms with van der Waals surface area (Å²) in [7, 11) is 0. The Morgan fingerprint density at radius 2 is 1.57 bits per heavy atom. The SMILES string of the molecule is Cc1ncccc1/C=C/C(=O)O.Cc1ncccc1C=O. The van der Waals surface area contributed by atoms with Gasteiger partial charge in [0.2, 0.25) is 0 Å². The summed E-state index contributed by atoms with van der Waals surface area (Å²) >= 11 is 0. The normalized spacial score (nSPS) is 9.81. The summed E-state index contributed by atoms with van der Waals surface area (Å²) < 4.78 is 0. The molecule has 0 bridgehead atoms. The van der Waals surface area contributed by atoms with Gasteiger partial charge in [-0.2, -0.15) is 0 Å². The van der Waals surface area contributed by atoms with Gasteiger partial charge in [0.25, 0.3) is 0 Å². The van der Waals surface area contributed by atoms with E-state index in [4.69, 9.17) is 5.11 Å². The molecule has 108 valence electrons. The van der Waals surface area contributed by atoms with Gasteiger partial charge in [-0.3, -0.25) is 14.8 Å². The highest BCUT2D eigenvalue weighted by molar-refractivity contribution is 5.85. The van der Waals surface area contributed by atoms with Gasteiger partial charge in [0.1, 0.15) is 0 Å². The standard InChI is InChI=1S/C9H9NO2.C7H7NO/c1-7-8(3-2-6-10-7)4-5-9(11)12;1-6-7(5-9)3-2-4-8-6/h2-6H,1H3,(H,11,12);2-5H,1H3/b5-4+;. The zero-order valence-electron chi connectivity index (χ0n) is 11.9. The molecule has 0 saturated carbocycles. The van der Waals surface area contributed by atoms with E-state index in [0.717, 1.165) is 29.3 Å². The van der Waals surface area contributed by atoms with Gasteiger partial charge in [0, 0.05) is 35.4 Å². The van der Waals surface area contributed by atoms with E-state index >= 15 is 0 Å². The fraction of sp³-hybridized carbons (Fsp3) is 0.125. The van der Waals surface area contributed by atoms with Crippen molar-refractivity contribution in [3.8, 4) is 0 Å². The molecule has 0 aliphatic carbocycles. The van der Waals surface area contributed by atoms with Crippen LogP contribution >= 0.6 is 0 Å². The predicted molar refractivity (Wildman–Crippen MR) is 80.0 cm³/mol. The highest BCUT2D eigenvalue weighted by Crippen LogP contribution is 2.05. The average Bonchev–Trinajstić information content (AvgIpc) is 2.47. The number of nitrogens with zero attached hydrogens (tertiary/aromatic N) is 2. The Balaban J connectivity index is 0.000000219. The van der Waals surface area contributed by atoms with Crippen LogP contribution in [0.4, 0.5) is 0 Å². The smallest absolute Gasteiger partial charge is 0.328 e. The molecule has 0 atom stereocenters. The zero-order chi connectivity index (χ0) is 15.7. The Morgan fingerprint density at radius 3 is 1.95 bits per heavy atom. The molecule has 2 heterocycles. The summed E-state index contributed by atoms with van der Waals surface area (Å²) in [5.74, 6) is -0.946. The van der Waals surface area contributed by atoms with Crippen LogP contribution in [-0.4, -0.2) is 27.3 Å². The molecule has 0 saturated heterocycles. The van der Waals surface area contributed by atoms with Gasteiger partial charge in [-0.05, 0) is 43.7 Å². The molecule has 0 unspecified atom stereocenters. The maximum absolute atomic E-state index is 10.2. The number of carbonyl (C=O) groups excluding carboxylic acids is 1. The summed E-state index contributed by atoms with van der Waals surface area (Å²) in [6, 6.07) is 7.09. The monoisotopic (exact) mass is 284 g/mol. The number of hydrogen-bond acceptors (Lipinski definition) is 4. The van der Waals surface area contributed by atoms with Gasteiger partial charge in [0.05, 0.1) is 0 Å². The fourth-order valence-electron chi connectivity index (χ4n) is 1.46. The fourth-order valence-corrected chi connectivity index (χ4v) is 1.46. The van der Waals surface area contributed by atoms with E-state index in [1.54, 1.807) is 30.6 Å². The highest BCUT2D eigenvalue weighted by Gasteiger charge is 1.93. The molecule has 0 spiro atoms. The van der Waals surface area contributed by atoms with Gasteiger partial charge in [-0.1, -0.05) is 6.07 Å². The lowest BCUT2D eigenvalue weighted by Crippen LogP contribution is -1.88. The topological polar surface area (TPSA) is 80.2 Å². The van der Waals surface area contributed by atoms with Crippen molar-refractivity contribution >= 4 is 18.3 Å². The number of aromatic nitrogens is 2. The number of hydrogen-bond donors (Lipinski definition) is 1. The first-order valence-electron chi connectivity index (χ1n) is 6.24. The Labute approximate surface area is 123 Å². The molecular formula is C16H16N2O3. The van der Waals surface area contributed by atoms with Crippen molar-refractivity contribution in [1.82, 2.24) is 9.97 Å². The Morgan fingerprint density at radius 1 is 1.05 bits per heavy atom. The second kappa shape index (κ2) is 8.37. The van der Waals surface area contributed by atoms with Crippen LogP contribution < -0.4 is 0 Å². The predicted octanol–water partition coefficient (Wildman–Crippen LogP) is 2.69. The van der Waals surface area contributed by atoms with Crippen molar-refractivity contribution in [1.29, 1.82) is 0 Å². The molecule has 0 aliphatic rings. The van der Waals surface area contributed by atoms with Crippen LogP contribution in [-0.2, 0) is 4.79 Å². The van der Waals surface area contributed by atoms with Crippen LogP contribution in [0, 0.1) is 13.8 Å². The summed E-state index contributed by atoms with van der Waals surface area (Å²) in [4.78, 5) is 28.3. The second-order valence-corrected chi connectivity index (χ2v) is 4.15. The number of aldehydes is 1. The maximum Gasteiger partial charge on any atom is 0.328 e. The van der Waals surface area contributed by atoms with Crippen molar-refractivity contribution in [2.45, 2.75) is 13.8 Å². The number of carboxylic acids is 1. The first-order valence-corrected chi connectivity index (χ1v) is 6.24. The largest absolute Gasteiger partial charge is 0.478 e. The molecule has 5 nitrogen and oxygen atoms in total. The molecule has 21 heavy (non-hydrogen) atoms. The number of carboxylic acid groups (broad SMARTS) is 1. The highest BCUT2D eigenvalue weighted by atomic mass is 16.4. The summed E-state index contributed by atoms with van der Waals surface area (Å²) in [5.41, 5.74) is 3.11. The molecule has 1 N–H and O–H groups in total. The number of aliphatic carboxylic acids is 1. The van der Waals surface area contributed by atoms with Crippen LogP contribution in [0.1, 0.15) is 27.3 Å². The molecular weight excluding hydrogens is 268 g/mol. The van der Waals surface area contributed by atoms with Gasteiger partial charge in [0.15, 0.2) is 6.29 Å². The minimum atomic E-state index is -0.946. The van der Waals surface area contributed by atoms with Crippen LogP contribution in [0.5, 0.6) is 0 Å². The van der Waals surface area contributed by atoms with Gasteiger partial charge in [-0.15, -0.1) is 0 Å². The quantitative estimate of drug-likeness (QED) is 0.692. The molecule has 2 aromatic heterocycles. The Kier molecular flexibility index (Phi) is 6.47. The molecule has 0 fully saturated rings. The number of aryl methyl sites for hydroxylation is 2. The second-order valence-electron chi connectivity index (χ2n) is 4.15. The lowest BCUT2D eigenvalue weighted by Gasteiger charge is -1.95.